The lowest BCUT2D eigenvalue weighted by Gasteiger charge is -2.48. The number of aliphatic hydroxyl groups is 1. The summed E-state index contributed by atoms with van der Waals surface area (Å²) < 4.78 is 23.0. The summed E-state index contributed by atoms with van der Waals surface area (Å²) in [5.74, 6) is -2.90. The van der Waals surface area contributed by atoms with Gasteiger partial charge in [0.2, 0.25) is 0 Å². The molecule has 2 aromatic rings. The highest BCUT2D eigenvalue weighted by atomic mass is 32.2. The van der Waals surface area contributed by atoms with Crippen LogP contribution in [0.15, 0.2) is 66.1 Å². The minimum Gasteiger partial charge on any atom is -0.509 e. The van der Waals surface area contributed by atoms with E-state index in [4.69, 9.17) is 9.47 Å². The van der Waals surface area contributed by atoms with Gasteiger partial charge in [-0.3, -0.25) is 28.8 Å². The number of nitrogens with zero attached hydrogens (tertiary/aromatic N) is 2. The van der Waals surface area contributed by atoms with Gasteiger partial charge in [-0.15, -0.1) is 0 Å². The fourth-order valence-electron chi connectivity index (χ4n) is 3.56. The molecule has 0 aromatic heterocycles. The normalized spacial score (nSPS) is 21.0. The maximum atomic E-state index is 12.7. The fourth-order valence-corrected chi connectivity index (χ4v) is 5.07. The molecular formula is C22H19N3O9S. The Morgan fingerprint density at radius 2 is 1.86 bits per heavy atom. The van der Waals surface area contributed by atoms with Crippen molar-refractivity contribution in [1.29, 1.82) is 0 Å². The molecule has 0 bridgehead atoms. The zero-order valence-electron chi connectivity index (χ0n) is 18.0. The molecule has 2 amide bonds. The van der Waals surface area contributed by atoms with Gasteiger partial charge in [0.1, 0.15) is 29.5 Å². The number of carbonyl (C=O) groups excluding carboxylic acids is 3. The maximum absolute atomic E-state index is 12.7. The van der Waals surface area contributed by atoms with Crippen molar-refractivity contribution >= 4 is 34.3 Å². The van der Waals surface area contributed by atoms with Crippen LogP contribution >= 0.6 is 0 Å². The molecule has 2 N–H and O–H groups in total. The second-order valence-corrected chi connectivity index (χ2v) is 9.10. The highest BCUT2D eigenvalue weighted by Crippen LogP contribution is 2.34. The second-order valence-electron chi connectivity index (χ2n) is 7.57. The average Bonchev–Trinajstić information content (AvgIpc) is 2.85. The molecule has 182 valence electrons. The number of carbonyl (C=O) groups is 3. The van der Waals surface area contributed by atoms with Gasteiger partial charge in [-0.1, -0.05) is 18.2 Å². The standard InChI is InChI=1S/C22H19N3O9S/c26-16-12-35(32)21-18(23-17(27)11-33-15-4-2-1-3-5-15)20(28)24(21)19(16)22(29)34-10-13-6-8-14(9-7-13)25(30)31/h1-9,18,21,26H,10-12H2,(H,23,27). The molecule has 2 aliphatic heterocycles. The summed E-state index contributed by atoms with van der Waals surface area (Å²) in [7, 11) is -1.78. The maximum Gasteiger partial charge on any atom is 0.358 e. The highest BCUT2D eigenvalue weighted by molar-refractivity contribution is 7.86. The number of nitrogens with one attached hydrogen (secondary N) is 1. The number of ether oxygens (including phenoxy) is 2. The first-order chi connectivity index (χ1) is 16.8. The molecule has 0 radical (unpaired) electrons. The van der Waals surface area contributed by atoms with E-state index in [1.165, 1.54) is 24.3 Å². The predicted octanol–water partition coefficient (Wildman–Crippen LogP) is 0.902. The third kappa shape index (κ3) is 4.99. The molecule has 3 unspecified atom stereocenters. The third-order valence-electron chi connectivity index (χ3n) is 5.25. The molecule has 13 heteroatoms. The first-order valence-corrected chi connectivity index (χ1v) is 11.6. The molecule has 12 nitrogen and oxygen atoms in total. The zero-order chi connectivity index (χ0) is 25.1. The highest BCUT2D eigenvalue weighted by Gasteiger charge is 2.57. The molecule has 2 heterocycles. The number of hydrogen-bond donors (Lipinski definition) is 2. The summed E-state index contributed by atoms with van der Waals surface area (Å²) in [6.45, 7) is -0.654. The van der Waals surface area contributed by atoms with Crippen LogP contribution in [0.2, 0.25) is 0 Å². The molecule has 4 rings (SSSR count). The fraction of sp³-hybridized carbons (Fsp3) is 0.227. The summed E-state index contributed by atoms with van der Waals surface area (Å²) in [5.41, 5.74) is -0.141. The number of fused-ring (bicyclic) bond motifs is 1. The van der Waals surface area contributed by atoms with E-state index in [9.17, 15) is 33.8 Å². The Hall–Kier alpha value is -4.26. The minimum absolute atomic E-state index is 0.133. The number of benzene rings is 2. The van der Waals surface area contributed by atoms with E-state index in [-0.39, 0.29) is 18.9 Å². The first kappa shape index (κ1) is 23.9. The summed E-state index contributed by atoms with van der Waals surface area (Å²) in [5, 5.41) is 22.4. The van der Waals surface area contributed by atoms with Crippen molar-refractivity contribution in [1.82, 2.24) is 10.2 Å². The lowest BCUT2D eigenvalue weighted by molar-refractivity contribution is -0.384. The van der Waals surface area contributed by atoms with Crippen molar-refractivity contribution in [2.24, 2.45) is 0 Å². The molecule has 1 saturated heterocycles. The molecule has 0 spiro atoms. The summed E-state index contributed by atoms with van der Waals surface area (Å²) >= 11 is 0. The zero-order valence-corrected chi connectivity index (χ0v) is 18.8. The van der Waals surface area contributed by atoms with Gasteiger partial charge in [0, 0.05) is 12.1 Å². The number of non-ortho nitro benzene ring substituents is 1. The van der Waals surface area contributed by atoms with Crippen LogP contribution in [0.1, 0.15) is 5.56 Å². The van der Waals surface area contributed by atoms with E-state index in [2.05, 4.69) is 5.32 Å². The molecule has 2 aliphatic rings. The Balaban J connectivity index is 1.38. The predicted molar refractivity (Wildman–Crippen MR) is 120 cm³/mol. The van der Waals surface area contributed by atoms with Crippen LogP contribution in [0, 0.1) is 10.1 Å². The minimum atomic E-state index is -1.78. The van der Waals surface area contributed by atoms with Crippen LogP contribution in [0.25, 0.3) is 0 Å². The number of esters is 1. The van der Waals surface area contributed by atoms with Crippen molar-refractivity contribution in [2.45, 2.75) is 18.0 Å². The average molecular weight is 501 g/mol. The smallest absolute Gasteiger partial charge is 0.358 e. The molecule has 3 atom stereocenters. The van der Waals surface area contributed by atoms with Crippen molar-refractivity contribution in [3.8, 4) is 5.75 Å². The number of nitro groups is 1. The Bertz CT molecular complexity index is 1230. The SMILES string of the molecule is O=C(COc1ccccc1)NC1C(=O)N2C(C(=O)OCc3ccc([N+](=O)[O-])cc3)=C(O)CS(=O)C12. The van der Waals surface area contributed by atoms with Gasteiger partial charge in [0.25, 0.3) is 17.5 Å². The Morgan fingerprint density at radius 1 is 1.17 bits per heavy atom. The van der Waals surface area contributed by atoms with Crippen molar-refractivity contribution < 1.29 is 38.1 Å². The number of aliphatic hydroxyl groups excluding tert-OH is 1. The Kier molecular flexibility index (Phi) is 6.78. The summed E-state index contributed by atoms with van der Waals surface area (Å²) in [4.78, 5) is 48.6. The third-order valence-corrected chi connectivity index (χ3v) is 6.83. The number of rotatable bonds is 8. The monoisotopic (exact) mass is 501 g/mol. The van der Waals surface area contributed by atoms with Gasteiger partial charge in [0.15, 0.2) is 12.3 Å². The van der Waals surface area contributed by atoms with Crippen LogP contribution in [0.5, 0.6) is 5.75 Å². The quantitative estimate of drug-likeness (QED) is 0.231. The van der Waals surface area contributed by atoms with Gasteiger partial charge in [0.05, 0.1) is 21.5 Å². The van der Waals surface area contributed by atoms with E-state index in [1.807, 2.05) is 0 Å². The summed E-state index contributed by atoms with van der Waals surface area (Å²) in [6.07, 6.45) is 0. The van der Waals surface area contributed by atoms with Crippen molar-refractivity contribution in [2.75, 3.05) is 12.4 Å². The second kappa shape index (κ2) is 9.93. The van der Waals surface area contributed by atoms with Gasteiger partial charge >= 0.3 is 5.97 Å². The van der Waals surface area contributed by atoms with Crippen LogP contribution < -0.4 is 10.1 Å². The topological polar surface area (TPSA) is 165 Å². The first-order valence-electron chi connectivity index (χ1n) is 10.3. The molecular weight excluding hydrogens is 482 g/mol. The van der Waals surface area contributed by atoms with E-state index in [0.29, 0.717) is 11.3 Å². The summed E-state index contributed by atoms with van der Waals surface area (Å²) in [6, 6.07) is 12.7. The van der Waals surface area contributed by atoms with E-state index in [0.717, 1.165) is 4.90 Å². The van der Waals surface area contributed by atoms with E-state index >= 15 is 0 Å². The van der Waals surface area contributed by atoms with E-state index in [1.54, 1.807) is 30.3 Å². The molecule has 0 saturated carbocycles. The van der Waals surface area contributed by atoms with E-state index < -0.39 is 62.1 Å². The lowest BCUT2D eigenvalue weighted by atomic mass is 10.0. The molecule has 0 aliphatic carbocycles. The number of β-lactam (4-membered cyclic amide) rings is 1. The van der Waals surface area contributed by atoms with Gasteiger partial charge in [-0.2, -0.15) is 0 Å². The Labute approximate surface area is 200 Å². The van der Waals surface area contributed by atoms with Gasteiger partial charge in [-0.05, 0) is 29.8 Å². The van der Waals surface area contributed by atoms with Gasteiger partial charge in [-0.25, -0.2) is 4.79 Å². The number of nitro benzene ring substituents is 1. The molecule has 1 fully saturated rings. The van der Waals surface area contributed by atoms with Crippen LogP contribution in [-0.2, 0) is 36.5 Å². The van der Waals surface area contributed by atoms with Crippen molar-refractivity contribution in [3.63, 3.8) is 0 Å². The molecule has 2 aromatic carbocycles. The van der Waals surface area contributed by atoms with Crippen LogP contribution in [0.4, 0.5) is 5.69 Å². The van der Waals surface area contributed by atoms with Crippen LogP contribution in [0.3, 0.4) is 0 Å². The van der Waals surface area contributed by atoms with Gasteiger partial charge < -0.3 is 19.9 Å². The van der Waals surface area contributed by atoms with Crippen molar-refractivity contribution in [3.05, 3.63) is 81.7 Å². The van der Waals surface area contributed by atoms with Crippen LogP contribution in [-0.4, -0.2) is 60.7 Å². The number of para-hydroxylation sites is 1. The molecule has 35 heavy (non-hydrogen) atoms. The number of hydrogen-bond acceptors (Lipinski definition) is 9. The number of amides is 2. The Morgan fingerprint density at radius 3 is 2.51 bits per heavy atom. The largest absolute Gasteiger partial charge is 0.509 e. The lowest BCUT2D eigenvalue weighted by Crippen LogP contribution is -2.73.